The Kier molecular flexibility index (Phi) is 4.94. The molecule has 0 bridgehead atoms. The molecule has 1 heterocycles. The van der Waals surface area contributed by atoms with E-state index in [1.807, 2.05) is 66.9 Å². The van der Waals surface area contributed by atoms with E-state index in [1.165, 1.54) is 11.8 Å². The number of rotatable bonds is 5. The van der Waals surface area contributed by atoms with E-state index in [0.717, 1.165) is 11.3 Å². The number of hydrogen-bond acceptors (Lipinski definition) is 6. The number of anilines is 2. The zero-order valence-electron chi connectivity index (χ0n) is 13.0. The second-order valence-electron chi connectivity index (χ2n) is 4.87. The summed E-state index contributed by atoms with van der Waals surface area (Å²) in [6.07, 6.45) is 1.90. The average Bonchev–Trinajstić information content (AvgIpc) is 2.67. The van der Waals surface area contributed by atoms with Gasteiger partial charge in [0.15, 0.2) is 11.6 Å². The number of para-hydroxylation sites is 1. The van der Waals surface area contributed by atoms with Crippen molar-refractivity contribution in [2.75, 3.05) is 17.1 Å². The highest BCUT2D eigenvalue weighted by atomic mass is 32.2. The normalized spacial score (nSPS) is 10.0. The van der Waals surface area contributed by atoms with Crippen LogP contribution in [0.5, 0.6) is 0 Å². The molecule has 0 amide bonds. The Morgan fingerprint density at radius 1 is 0.917 bits per heavy atom. The van der Waals surface area contributed by atoms with Crippen LogP contribution in [0.3, 0.4) is 0 Å². The lowest BCUT2D eigenvalue weighted by atomic mass is 10.2. The van der Waals surface area contributed by atoms with Crippen LogP contribution in [0.25, 0.3) is 11.4 Å². The summed E-state index contributed by atoms with van der Waals surface area (Å²) in [5, 5.41) is 10.1. The largest absolute Gasteiger partial charge is 0.300 e. The van der Waals surface area contributed by atoms with Crippen LogP contribution >= 0.6 is 11.8 Å². The number of benzene rings is 2. The van der Waals surface area contributed by atoms with Crippen LogP contribution in [0.1, 0.15) is 5.56 Å². The molecule has 2 N–H and O–H groups in total. The number of hydrazine groups is 1. The molecule has 3 rings (SSSR count). The fraction of sp³-hybridized carbons (Fsp3) is 0.0556. The Morgan fingerprint density at radius 2 is 1.58 bits per heavy atom. The second-order valence-corrected chi connectivity index (χ2v) is 5.67. The van der Waals surface area contributed by atoms with Crippen molar-refractivity contribution in [2.45, 2.75) is 5.03 Å². The maximum Gasteiger partial charge on any atom is 0.167 e. The highest BCUT2D eigenvalue weighted by molar-refractivity contribution is 7.98. The third kappa shape index (κ3) is 3.47. The van der Waals surface area contributed by atoms with Gasteiger partial charge in [-0.25, -0.2) is 9.97 Å². The van der Waals surface area contributed by atoms with Crippen molar-refractivity contribution >= 4 is 23.3 Å². The first-order valence-corrected chi connectivity index (χ1v) is 8.53. The Bertz CT molecular complexity index is 860. The fourth-order valence-corrected chi connectivity index (χ4v) is 2.67. The van der Waals surface area contributed by atoms with Crippen LogP contribution in [0.4, 0.5) is 11.5 Å². The van der Waals surface area contributed by atoms with Crippen molar-refractivity contribution in [3.63, 3.8) is 0 Å². The van der Waals surface area contributed by atoms with Gasteiger partial charge in [-0.1, -0.05) is 48.5 Å². The van der Waals surface area contributed by atoms with E-state index in [2.05, 4.69) is 26.9 Å². The van der Waals surface area contributed by atoms with Gasteiger partial charge < -0.3 is 0 Å². The van der Waals surface area contributed by atoms with Gasteiger partial charge in [-0.15, -0.1) is 11.8 Å². The fourth-order valence-electron chi connectivity index (χ4n) is 2.15. The maximum atomic E-state index is 9.48. The van der Waals surface area contributed by atoms with E-state index in [9.17, 15) is 5.26 Å². The third-order valence-electron chi connectivity index (χ3n) is 3.31. The highest BCUT2D eigenvalue weighted by Gasteiger charge is 2.14. The first-order chi connectivity index (χ1) is 11.8. The minimum absolute atomic E-state index is 0.422. The molecule has 1 aromatic heterocycles. The number of thioether (sulfide) groups is 1. The van der Waals surface area contributed by atoms with Crippen molar-refractivity contribution in [3.8, 4) is 17.5 Å². The van der Waals surface area contributed by atoms with E-state index >= 15 is 0 Å². The topological polar surface area (TPSA) is 73.6 Å². The molecule has 118 valence electrons. The van der Waals surface area contributed by atoms with Gasteiger partial charge in [-0.05, 0) is 18.4 Å². The standard InChI is InChI=1S/C18H15N5S/c1-24-18-15(12-19)17(23-22-14-10-6-3-7-11-14)20-16(21-18)13-8-4-2-5-9-13/h2-11,22H,1H3,(H,20,21,23). The highest BCUT2D eigenvalue weighted by Crippen LogP contribution is 2.27. The van der Waals surface area contributed by atoms with E-state index in [0.29, 0.717) is 22.2 Å². The molecule has 0 aliphatic carbocycles. The van der Waals surface area contributed by atoms with E-state index in [-0.39, 0.29) is 0 Å². The first kappa shape index (κ1) is 15.8. The van der Waals surface area contributed by atoms with Crippen molar-refractivity contribution in [2.24, 2.45) is 0 Å². The molecule has 0 unspecified atom stereocenters. The minimum Gasteiger partial charge on any atom is -0.300 e. The zero-order valence-corrected chi connectivity index (χ0v) is 13.8. The number of aromatic nitrogens is 2. The van der Waals surface area contributed by atoms with Crippen LogP contribution < -0.4 is 10.9 Å². The van der Waals surface area contributed by atoms with Gasteiger partial charge in [0.25, 0.3) is 0 Å². The van der Waals surface area contributed by atoms with E-state index in [1.54, 1.807) is 0 Å². The molecule has 0 radical (unpaired) electrons. The van der Waals surface area contributed by atoms with Crippen LogP contribution in [0, 0.1) is 11.3 Å². The van der Waals surface area contributed by atoms with Crippen molar-refractivity contribution < 1.29 is 0 Å². The molecule has 0 aliphatic rings. The van der Waals surface area contributed by atoms with Gasteiger partial charge in [0, 0.05) is 5.56 Å². The lowest BCUT2D eigenvalue weighted by Crippen LogP contribution is -2.13. The van der Waals surface area contributed by atoms with Crippen LogP contribution in [-0.2, 0) is 0 Å². The predicted octanol–water partition coefficient (Wildman–Crippen LogP) is 4.18. The Morgan fingerprint density at radius 3 is 2.21 bits per heavy atom. The molecule has 0 saturated heterocycles. The zero-order chi connectivity index (χ0) is 16.8. The summed E-state index contributed by atoms with van der Waals surface area (Å²) in [7, 11) is 0. The second kappa shape index (κ2) is 7.49. The first-order valence-electron chi connectivity index (χ1n) is 7.30. The molecule has 24 heavy (non-hydrogen) atoms. The van der Waals surface area contributed by atoms with Gasteiger partial charge in [-0.2, -0.15) is 5.26 Å². The third-order valence-corrected chi connectivity index (χ3v) is 3.99. The molecule has 5 nitrogen and oxygen atoms in total. The SMILES string of the molecule is CSc1nc(-c2ccccc2)nc(NNc2ccccc2)c1C#N. The Labute approximate surface area is 144 Å². The summed E-state index contributed by atoms with van der Waals surface area (Å²) in [4.78, 5) is 9.03. The van der Waals surface area contributed by atoms with Gasteiger partial charge >= 0.3 is 0 Å². The summed E-state index contributed by atoms with van der Waals surface area (Å²) >= 11 is 1.42. The number of nitrogens with one attached hydrogen (secondary N) is 2. The van der Waals surface area contributed by atoms with Gasteiger partial charge in [0.1, 0.15) is 16.7 Å². The molecule has 0 fully saturated rings. The van der Waals surface area contributed by atoms with Crippen molar-refractivity contribution in [1.29, 1.82) is 5.26 Å². The van der Waals surface area contributed by atoms with Crippen molar-refractivity contribution in [3.05, 3.63) is 66.2 Å². The van der Waals surface area contributed by atoms with E-state index in [4.69, 9.17) is 0 Å². The smallest absolute Gasteiger partial charge is 0.167 e. The van der Waals surface area contributed by atoms with Gasteiger partial charge in [-0.3, -0.25) is 10.9 Å². The van der Waals surface area contributed by atoms with Gasteiger partial charge in [0.05, 0.1) is 5.69 Å². The maximum absolute atomic E-state index is 9.48. The summed E-state index contributed by atoms with van der Waals surface area (Å²) in [5.74, 6) is 1.04. The summed E-state index contributed by atoms with van der Waals surface area (Å²) in [6.45, 7) is 0. The molecule has 0 spiro atoms. The molecule has 6 heteroatoms. The molecule has 2 aromatic carbocycles. The lowest BCUT2D eigenvalue weighted by molar-refractivity contribution is 1.04. The average molecular weight is 333 g/mol. The molecule has 0 atom stereocenters. The minimum atomic E-state index is 0.422. The summed E-state index contributed by atoms with van der Waals surface area (Å²) in [6, 6.07) is 21.5. The summed E-state index contributed by atoms with van der Waals surface area (Å²) in [5.41, 5.74) is 8.30. The van der Waals surface area contributed by atoms with Crippen molar-refractivity contribution in [1.82, 2.24) is 9.97 Å². The number of nitriles is 1. The van der Waals surface area contributed by atoms with Crippen LogP contribution in [0.15, 0.2) is 65.7 Å². The van der Waals surface area contributed by atoms with Crippen LogP contribution in [0.2, 0.25) is 0 Å². The number of hydrogen-bond donors (Lipinski definition) is 2. The molecular weight excluding hydrogens is 318 g/mol. The number of nitrogens with zero attached hydrogens (tertiary/aromatic N) is 3. The van der Waals surface area contributed by atoms with E-state index < -0.39 is 0 Å². The molecule has 0 saturated carbocycles. The molecule has 3 aromatic rings. The molecular formula is C18H15N5S. The van der Waals surface area contributed by atoms with Crippen LogP contribution in [-0.4, -0.2) is 16.2 Å². The summed E-state index contributed by atoms with van der Waals surface area (Å²) < 4.78 is 0. The Balaban J connectivity index is 1.98. The quantitative estimate of drug-likeness (QED) is 0.414. The monoisotopic (exact) mass is 333 g/mol. The lowest BCUT2D eigenvalue weighted by Gasteiger charge is -2.13. The predicted molar refractivity (Wildman–Crippen MR) is 97.7 cm³/mol. The molecule has 0 aliphatic heterocycles. The Hall–Kier alpha value is -3.04. The van der Waals surface area contributed by atoms with Gasteiger partial charge in [0.2, 0.25) is 0 Å².